The SMILES string of the molecule is CC(C)NCC(C)N(C)CCN(C)C. The van der Waals surface area contributed by atoms with Crippen molar-refractivity contribution >= 4 is 0 Å². The zero-order valence-corrected chi connectivity index (χ0v) is 10.7. The van der Waals surface area contributed by atoms with Crippen LogP contribution < -0.4 is 5.32 Å². The van der Waals surface area contributed by atoms with Crippen molar-refractivity contribution in [3.63, 3.8) is 0 Å². The molecular formula is C11H27N3. The molecule has 0 aromatic rings. The number of likely N-dealkylation sites (N-methyl/N-ethyl adjacent to an activating group) is 2. The molecule has 1 unspecified atom stereocenters. The third-order valence-corrected chi connectivity index (χ3v) is 2.47. The van der Waals surface area contributed by atoms with Gasteiger partial charge < -0.3 is 15.1 Å². The molecule has 0 saturated heterocycles. The highest BCUT2D eigenvalue weighted by molar-refractivity contribution is 4.68. The van der Waals surface area contributed by atoms with Crippen molar-refractivity contribution in [1.82, 2.24) is 15.1 Å². The Kier molecular flexibility index (Phi) is 7.15. The summed E-state index contributed by atoms with van der Waals surface area (Å²) in [5.74, 6) is 0. The molecular weight excluding hydrogens is 174 g/mol. The van der Waals surface area contributed by atoms with Gasteiger partial charge in [-0.25, -0.2) is 0 Å². The molecule has 3 nitrogen and oxygen atoms in total. The molecule has 0 saturated carbocycles. The Labute approximate surface area is 89.5 Å². The fourth-order valence-corrected chi connectivity index (χ4v) is 1.14. The summed E-state index contributed by atoms with van der Waals surface area (Å²) < 4.78 is 0. The first-order valence-corrected chi connectivity index (χ1v) is 5.51. The third kappa shape index (κ3) is 7.30. The van der Waals surface area contributed by atoms with Gasteiger partial charge in [0.2, 0.25) is 0 Å². The van der Waals surface area contributed by atoms with E-state index in [1.54, 1.807) is 0 Å². The zero-order chi connectivity index (χ0) is 11.1. The van der Waals surface area contributed by atoms with Crippen LogP contribution in [0.1, 0.15) is 20.8 Å². The lowest BCUT2D eigenvalue weighted by atomic mass is 10.2. The van der Waals surface area contributed by atoms with Crippen LogP contribution in [-0.2, 0) is 0 Å². The predicted octanol–water partition coefficient (Wildman–Crippen LogP) is 0.866. The van der Waals surface area contributed by atoms with Crippen LogP contribution in [0, 0.1) is 0 Å². The Balaban J connectivity index is 3.59. The number of hydrogen-bond donors (Lipinski definition) is 1. The molecule has 0 aliphatic rings. The van der Waals surface area contributed by atoms with Gasteiger partial charge >= 0.3 is 0 Å². The second-order valence-corrected chi connectivity index (χ2v) is 4.70. The Morgan fingerprint density at radius 1 is 1.00 bits per heavy atom. The van der Waals surface area contributed by atoms with Crippen molar-refractivity contribution in [2.75, 3.05) is 40.8 Å². The van der Waals surface area contributed by atoms with Gasteiger partial charge in [-0.05, 0) is 28.1 Å². The fraction of sp³-hybridized carbons (Fsp3) is 1.00. The number of rotatable bonds is 7. The standard InChI is InChI=1S/C11H27N3/c1-10(2)12-9-11(3)14(6)8-7-13(4)5/h10-12H,7-9H2,1-6H3. The molecule has 3 heteroatoms. The van der Waals surface area contributed by atoms with E-state index in [0.29, 0.717) is 12.1 Å². The summed E-state index contributed by atoms with van der Waals surface area (Å²) in [7, 11) is 6.42. The fourth-order valence-electron chi connectivity index (χ4n) is 1.14. The van der Waals surface area contributed by atoms with E-state index in [1.165, 1.54) is 0 Å². The van der Waals surface area contributed by atoms with E-state index in [-0.39, 0.29) is 0 Å². The van der Waals surface area contributed by atoms with Crippen LogP contribution in [0.5, 0.6) is 0 Å². The second kappa shape index (κ2) is 7.21. The van der Waals surface area contributed by atoms with E-state index in [0.717, 1.165) is 19.6 Å². The molecule has 0 spiro atoms. The van der Waals surface area contributed by atoms with Crippen LogP contribution in [0.4, 0.5) is 0 Å². The van der Waals surface area contributed by atoms with Crippen molar-refractivity contribution in [2.24, 2.45) is 0 Å². The minimum atomic E-state index is 0.583. The first-order valence-electron chi connectivity index (χ1n) is 5.51. The Hall–Kier alpha value is -0.120. The monoisotopic (exact) mass is 201 g/mol. The van der Waals surface area contributed by atoms with Crippen LogP contribution in [0.2, 0.25) is 0 Å². The maximum Gasteiger partial charge on any atom is 0.0189 e. The van der Waals surface area contributed by atoms with Crippen molar-refractivity contribution in [3.8, 4) is 0 Å². The summed E-state index contributed by atoms with van der Waals surface area (Å²) >= 11 is 0. The number of hydrogen-bond acceptors (Lipinski definition) is 3. The van der Waals surface area contributed by atoms with E-state index in [9.17, 15) is 0 Å². The van der Waals surface area contributed by atoms with E-state index in [1.807, 2.05) is 0 Å². The Bertz CT molecular complexity index is 118. The van der Waals surface area contributed by atoms with Crippen molar-refractivity contribution < 1.29 is 0 Å². The molecule has 0 aromatic carbocycles. The average Bonchev–Trinajstić information content (AvgIpc) is 2.09. The van der Waals surface area contributed by atoms with Gasteiger partial charge in [0, 0.05) is 31.7 Å². The highest BCUT2D eigenvalue weighted by Crippen LogP contribution is 1.94. The summed E-state index contributed by atoms with van der Waals surface area (Å²) in [6, 6.07) is 1.19. The quantitative estimate of drug-likeness (QED) is 0.659. The zero-order valence-electron chi connectivity index (χ0n) is 10.7. The molecule has 0 bridgehead atoms. The Morgan fingerprint density at radius 2 is 1.57 bits per heavy atom. The van der Waals surface area contributed by atoms with Crippen molar-refractivity contribution in [2.45, 2.75) is 32.9 Å². The minimum Gasteiger partial charge on any atom is -0.313 e. The molecule has 0 aliphatic heterocycles. The van der Waals surface area contributed by atoms with Gasteiger partial charge in [0.1, 0.15) is 0 Å². The third-order valence-electron chi connectivity index (χ3n) is 2.47. The maximum absolute atomic E-state index is 3.46. The summed E-state index contributed by atoms with van der Waals surface area (Å²) in [6.45, 7) is 9.97. The van der Waals surface area contributed by atoms with Crippen LogP contribution in [0.25, 0.3) is 0 Å². The second-order valence-electron chi connectivity index (χ2n) is 4.70. The highest BCUT2D eigenvalue weighted by atomic mass is 15.2. The number of nitrogens with one attached hydrogen (secondary N) is 1. The molecule has 0 aliphatic carbocycles. The molecule has 0 amide bonds. The van der Waals surface area contributed by atoms with E-state index >= 15 is 0 Å². The first kappa shape index (κ1) is 13.9. The summed E-state index contributed by atoms with van der Waals surface area (Å²) in [6.07, 6.45) is 0. The molecule has 0 aromatic heterocycles. The normalized spacial score (nSPS) is 14.4. The van der Waals surface area contributed by atoms with Gasteiger partial charge in [-0.15, -0.1) is 0 Å². The van der Waals surface area contributed by atoms with Crippen LogP contribution >= 0.6 is 0 Å². The number of nitrogens with zero attached hydrogens (tertiary/aromatic N) is 2. The molecule has 1 N–H and O–H groups in total. The molecule has 1 atom stereocenters. The van der Waals surface area contributed by atoms with Crippen molar-refractivity contribution in [3.05, 3.63) is 0 Å². The molecule has 0 rings (SSSR count). The minimum absolute atomic E-state index is 0.583. The van der Waals surface area contributed by atoms with Crippen molar-refractivity contribution in [1.29, 1.82) is 0 Å². The summed E-state index contributed by atoms with van der Waals surface area (Å²) in [5, 5.41) is 3.46. The predicted molar refractivity (Wildman–Crippen MR) is 63.8 cm³/mol. The van der Waals surface area contributed by atoms with Gasteiger partial charge in [0.25, 0.3) is 0 Å². The van der Waals surface area contributed by atoms with E-state index in [2.05, 4.69) is 57.0 Å². The average molecular weight is 201 g/mol. The molecule has 0 radical (unpaired) electrons. The lowest BCUT2D eigenvalue weighted by molar-refractivity contribution is 0.222. The summed E-state index contributed by atoms with van der Waals surface area (Å²) in [4.78, 5) is 4.62. The van der Waals surface area contributed by atoms with Gasteiger partial charge in [0.15, 0.2) is 0 Å². The van der Waals surface area contributed by atoms with Gasteiger partial charge in [0.05, 0.1) is 0 Å². The van der Waals surface area contributed by atoms with Gasteiger partial charge in [-0.3, -0.25) is 0 Å². The summed E-state index contributed by atoms with van der Waals surface area (Å²) in [5.41, 5.74) is 0. The molecule has 0 heterocycles. The lowest BCUT2D eigenvalue weighted by Gasteiger charge is -2.27. The largest absolute Gasteiger partial charge is 0.313 e. The van der Waals surface area contributed by atoms with E-state index < -0.39 is 0 Å². The molecule has 0 fully saturated rings. The van der Waals surface area contributed by atoms with Crippen LogP contribution in [0.15, 0.2) is 0 Å². The topological polar surface area (TPSA) is 18.5 Å². The van der Waals surface area contributed by atoms with Gasteiger partial charge in [-0.1, -0.05) is 13.8 Å². The van der Waals surface area contributed by atoms with Gasteiger partial charge in [-0.2, -0.15) is 0 Å². The lowest BCUT2D eigenvalue weighted by Crippen LogP contribution is -2.42. The van der Waals surface area contributed by atoms with E-state index in [4.69, 9.17) is 0 Å². The Morgan fingerprint density at radius 3 is 2.00 bits per heavy atom. The molecule has 86 valence electrons. The van der Waals surface area contributed by atoms with Crippen LogP contribution in [0.3, 0.4) is 0 Å². The maximum atomic E-state index is 3.46. The first-order chi connectivity index (χ1) is 6.43. The smallest absolute Gasteiger partial charge is 0.0189 e. The van der Waals surface area contributed by atoms with Crippen LogP contribution in [-0.4, -0.2) is 62.7 Å². The highest BCUT2D eigenvalue weighted by Gasteiger charge is 2.08. The molecule has 14 heavy (non-hydrogen) atoms.